The molecule has 14 heavy (non-hydrogen) atoms. The smallest absolute Gasteiger partial charge is 0.309 e. The summed E-state index contributed by atoms with van der Waals surface area (Å²) < 4.78 is 0. The van der Waals surface area contributed by atoms with E-state index in [2.05, 4.69) is 13.8 Å². The van der Waals surface area contributed by atoms with Crippen LogP contribution in [-0.2, 0) is 4.79 Å². The Balaban J connectivity index is 3.59. The van der Waals surface area contributed by atoms with E-state index in [1.54, 1.807) is 13.8 Å². The fraction of sp³-hybridized carbons (Fsp3) is 0.909. The maximum absolute atomic E-state index is 10.8. The van der Waals surface area contributed by atoms with Crippen LogP contribution in [0.3, 0.4) is 0 Å². The van der Waals surface area contributed by atoms with Crippen LogP contribution < -0.4 is 0 Å². The number of aliphatic carboxylic acids is 1. The highest BCUT2D eigenvalue weighted by molar-refractivity contribution is 7.99. The summed E-state index contributed by atoms with van der Waals surface area (Å²) in [7, 11) is 0. The van der Waals surface area contributed by atoms with Crippen molar-refractivity contribution >= 4 is 17.7 Å². The number of rotatable bonds is 7. The number of carboxylic acid groups (broad SMARTS) is 1. The topological polar surface area (TPSA) is 37.3 Å². The molecule has 0 aromatic carbocycles. The van der Waals surface area contributed by atoms with Gasteiger partial charge in [0.25, 0.3) is 0 Å². The van der Waals surface area contributed by atoms with Crippen molar-refractivity contribution in [3.05, 3.63) is 0 Å². The fourth-order valence-electron chi connectivity index (χ4n) is 1.02. The number of carbonyl (C=O) groups is 1. The second kappa shape index (κ2) is 6.33. The molecule has 3 heteroatoms. The van der Waals surface area contributed by atoms with Crippen molar-refractivity contribution < 1.29 is 9.90 Å². The molecule has 1 unspecified atom stereocenters. The Bertz CT molecular complexity index is 178. The van der Waals surface area contributed by atoms with Crippen molar-refractivity contribution in [1.29, 1.82) is 0 Å². The van der Waals surface area contributed by atoms with Crippen LogP contribution in [0.25, 0.3) is 0 Å². The molecule has 84 valence electrons. The zero-order chi connectivity index (χ0) is 11.2. The van der Waals surface area contributed by atoms with E-state index >= 15 is 0 Å². The Morgan fingerprint density at radius 3 is 2.50 bits per heavy atom. The third kappa shape index (κ3) is 5.53. The van der Waals surface area contributed by atoms with Crippen LogP contribution in [0, 0.1) is 5.41 Å². The lowest BCUT2D eigenvalue weighted by atomic mass is 9.88. The molecular weight excluding hydrogens is 196 g/mol. The first-order chi connectivity index (χ1) is 6.40. The molecule has 0 aliphatic carbocycles. The molecule has 0 fully saturated rings. The Morgan fingerprint density at radius 1 is 1.50 bits per heavy atom. The lowest BCUT2D eigenvalue weighted by Crippen LogP contribution is -2.23. The molecule has 0 rings (SSSR count). The molecule has 1 N–H and O–H groups in total. The molecule has 0 saturated heterocycles. The highest BCUT2D eigenvalue weighted by Gasteiger charge is 2.25. The van der Waals surface area contributed by atoms with Crippen LogP contribution in [0.5, 0.6) is 0 Å². The molecule has 0 bridgehead atoms. The zero-order valence-electron chi connectivity index (χ0n) is 9.67. The highest BCUT2D eigenvalue weighted by atomic mass is 32.2. The SMILES string of the molecule is CCC(C)SCCCC(C)(C)C(=O)O. The Kier molecular flexibility index (Phi) is 6.25. The summed E-state index contributed by atoms with van der Waals surface area (Å²) in [6.07, 6.45) is 2.95. The van der Waals surface area contributed by atoms with Gasteiger partial charge in [-0.05, 0) is 38.9 Å². The Labute approximate surface area is 91.5 Å². The summed E-state index contributed by atoms with van der Waals surface area (Å²) in [5.74, 6) is 0.386. The van der Waals surface area contributed by atoms with Crippen molar-refractivity contribution in [2.24, 2.45) is 5.41 Å². The van der Waals surface area contributed by atoms with Gasteiger partial charge in [-0.3, -0.25) is 4.79 Å². The summed E-state index contributed by atoms with van der Waals surface area (Å²) in [5, 5.41) is 9.59. The van der Waals surface area contributed by atoms with Gasteiger partial charge in [0.2, 0.25) is 0 Å². The summed E-state index contributed by atoms with van der Waals surface area (Å²) in [6, 6.07) is 0. The van der Waals surface area contributed by atoms with Crippen LogP contribution in [0.15, 0.2) is 0 Å². The second-order valence-corrected chi connectivity index (χ2v) is 5.93. The predicted octanol–water partition coefficient (Wildman–Crippen LogP) is 3.41. The van der Waals surface area contributed by atoms with Gasteiger partial charge in [-0.15, -0.1) is 0 Å². The van der Waals surface area contributed by atoms with Gasteiger partial charge in [-0.1, -0.05) is 13.8 Å². The van der Waals surface area contributed by atoms with E-state index < -0.39 is 11.4 Å². The van der Waals surface area contributed by atoms with Gasteiger partial charge in [-0.2, -0.15) is 11.8 Å². The van der Waals surface area contributed by atoms with Gasteiger partial charge < -0.3 is 5.11 Å². The third-order valence-electron chi connectivity index (χ3n) is 2.50. The third-order valence-corrected chi connectivity index (χ3v) is 3.93. The number of thioether (sulfide) groups is 1. The molecule has 0 amide bonds. The number of hydrogen-bond donors (Lipinski definition) is 1. The van der Waals surface area contributed by atoms with E-state index in [4.69, 9.17) is 5.11 Å². The molecule has 0 heterocycles. The molecular formula is C11H22O2S. The summed E-state index contributed by atoms with van der Waals surface area (Å²) in [6.45, 7) is 7.98. The largest absolute Gasteiger partial charge is 0.481 e. The second-order valence-electron chi connectivity index (χ2n) is 4.38. The molecule has 0 saturated carbocycles. The lowest BCUT2D eigenvalue weighted by Gasteiger charge is -2.18. The average Bonchev–Trinajstić information content (AvgIpc) is 2.11. The van der Waals surface area contributed by atoms with E-state index in [-0.39, 0.29) is 0 Å². The zero-order valence-corrected chi connectivity index (χ0v) is 10.5. The molecule has 0 aromatic rings. The van der Waals surface area contributed by atoms with Gasteiger partial charge >= 0.3 is 5.97 Å². The van der Waals surface area contributed by atoms with Crippen LogP contribution in [-0.4, -0.2) is 22.1 Å². The van der Waals surface area contributed by atoms with Crippen molar-refractivity contribution in [2.45, 2.75) is 52.2 Å². The Morgan fingerprint density at radius 2 is 2.07 bits per heavy atom. The highest BCUT2D eigenvalue weighted by Crippen LogP contribution is 2.24. The van der Waals surface area contributed by atoms with Crippen LogP contribution >= 0.6 is 11.8 Å². The van der Waals surface area contributed by atoms with E-state index in [1.807, 2.05) is 11.8 Å². The van der Waals surface area contributed by atoms with Crippen molar-refractivity contribution in [1.82, 2.24) is 0 Å². The molecule has 0 aromatic heterocycles. The van der Waals surface area contributed by atoms with E-state index in [9.17, 15) is 4.79 Å². The number of hydrogen-bond acceptors (Lipinski definition) is 2. The summed E-state index contributed by atoms with van der Waals surface area (Å²) in [4.78, 5) is 10.8. The molecule has 1 atom stereocenters. The minimum absolute atomic E-state index is 0.560. The fourth-order valence-corrected chi connectivity index (χ4v) is 1.97. The molecule has 2 nitrogen and oxygen atoms in total. The summed E-state index contributed by atoms with van der Waals surface area (Å²) >= 11 is 1.94. The average molecular weight is 218 g/mol. The maximum Gasteiger partial charge on any atom is 0.309 e. The normalized spacial score (nSPS) is 14.0. The first kappa shape index (κ1) is 13.8. The van der Waals surface area contributed by atoms with Gasteiger partial charge in [0, 0.05) is 5.25 Å². The molecule has 0 aliphatic heterocycles. The molecule has 0 radical (unpaired) electrons. The van der Waals surface area contributed by atoms with Crippen molar-refractivity contribution in [3.63, 3.8) is 0 Å². The monoisotopic (exact) mass is 218 g/mol. The lowest BCUT2D eigenvalue weighted by molar-refractivity contribution is -0.147. The van der Waals surface area contributed by atoms with E-state index in [0.717, 1.165) is 18.6 Å². The molecule has 0 aliphatic rings. The first-order valence-corrected chi connectivity index (χ1v) is 6.30. The van der Waals surface area contributed by atoms with Crippen LogP contribution in [0.4, 0.5) is 0 Å². The Hall–Kier alpha value is -0.180. The van der Waals surface area contributed by atoms with E-state index in [1.165, 1.54) is 6.42 Å². The van der Waals surface area contributed by atoms with Crippen LogP contribution in [0.2, 0.25) is 0 Å². The quantitative estimate of drug-likeness (QED) is 0.665. The van der Waals surface area contributed by atoms with Crippen LogP contribution in [0.1, 0.15) is 47.0 Å². The predicted molar refractivity (Wildman–Crippen MR) is 62.9 cm³/mol. The first-order valence-electron chi connectivity index (χ1n) is 5.25. The van der Waals surface area contributed by atoms with Gasteiger partial charge in [-0.25, -0.2) is 0 Å². The van der Waals surface area contributed by atoms with Crippen molar-refractivity contribution in [3.8, 4) is 0 Å². The minimum atomic E-state index is -0.689. The van der Waals surface area contributed by atoms with Gasteiger partial charge in [0.15, 0.2) is 0 Å². The standard InChI is InChI=1S/C11H22O2S/c1-5-9(2)14-8-6-7-11(3,4)10(12)13/h9H,5-8H2,1-4H3,(H,12,13). The minimum Gasteiger partial charge on any atom is -0.481 e. The number of carboxylic acids is 1. The van der Waals surface area contributed by atoms with Gasteiger partial charge in [0.05, 0.1) is 5.41 Å². The maximum atomic E-state index is 10.8. The summed E-state index contributed by atoms with van der Waals surface area (Å²) in [5.41, 5.74) is -0.560. The van der Waals surface area contributed by atoms with E-state index in [0.29, 0.717) is 5.25 Å². The van der Waals surface area contributed by atoms with Crippen molar-refractivity contribution in [2.75, 3.05) is 5.75 Å². The molecule has 0 spiro atoms. The van der Waals surface area contributed by atoms with Gasteiger partial charge in [0.1, 0.15) is 0 Å².